The first-order chi connectivity index (χ1) is 5.02. The smallest absolute Gasteiger partial charge is 0.239 e. The van der Waals surface area contributed by atoms with Crippen LogP contribution < -0.4 is 5.14 Å². The molecule has 11 heavy (non-hydrogen) atoms. The van der Waals surface area contributed by atoms with Crippen LogP contribution in [0.3, 0.4) is 0 Å². The highest BCUT2D eigenvalue weighted by Gasteiger charge is 2.10. The first kappa shape index (κ1) is 8.45. The van der Waals surface area contributed by atoms with Crippen LogP contribution in [0.15, 0.2) is 23.4 Å². The second kappa shape index (κ2) is 2.77. The SMILES string of the molecule is NS(=O)(=O)c1ccncc1Cl. The molecule has 0 saturated heterocycles. The van der Waals surface area contributed by atoms with Gasteiger partial charge in [-0.1, -0.05) is 11.6 Å². The summed E-state index contributed by atoms with van der Waals surface area (Å²) >= 11 is 5.49. The molecule has 0 radical (unpaired) electrons. The van der Waals surface area contributed by atoms with E-state index < -0.39 is 10.0 Å². The molecule has 1 heterocycles. The molecule has 1 rings (SSSR count). The third-order valence-corrected chi connectivity index (χ3v) is 2.42. The van der Waals surface area contributed by atoms with Crippen LogP contribution in [0.2, 0.25) is 5.02 Å². The number of hydrogen-bond acceptors (Lipinski definition) is 3. The van der Waals surface area contributed by atoms with Gasteiger partial charge < -0.3 is 0 Å². The van der Waals surface area contributed by atoms with Gasteiger partial charge in [-0.3, -0.25) is 4.98 Å². The monoisotopic (exact) mass is 192 g/mol. The zero-order valence-electron chi connectivity index (χ0n) is 5.36. The Labute approximate surface area is 69.1 Å². The summed E-state index contributed by atoms with van der Waals surface area (Å²) in [4.78, 5) is 3.50. The zero-order valence-corrected chi connectivity index (χ0v) is 6.93. The van der Waals surface area contributed by atoms with E-state index >= 15 is 0 Å². The lowest BCUT2D eigenvalue weighted by molar-refractivity contribution is 0.597. The molecule has 0 aromatic carbocycles. The van der Waals surface area contributed by atoms with Gasteiger partial charge in [0.25, 0.3) is 0 Å². The van der Waals surface area contributed by atoms with Crippen LogP contribution in [0.1, 0.15) is 0 Å². The highest BCUT2D eigenvalue weighted by molar-refractivity contribution is 7.89. The topological polar surface area (TPSA) is 73.1 Å². The van der Waals surface area contributed by atoms with Crippen molar-refractivity contribution in [2.75, 3.05) is 0 Å². The van der Waals surface area contributed by atoms with Crippen LogP contribution in [-0.2, 0) is 10.0 Å². The Morgan fingerprint density at radius 1 is 1.55 bits per heavy atom. The maximum Gasteiger partial charge on any atom is 0.239 e. The molecule has 2 N–H and O–H groups in total. The standard InChI is InChI=1S/C5H5ClN2O2S/c6-4-3-8-2-1-5(4)11(7,9)10/h1-3H,(H2,7,9,10). The minimum absolute atomic E-state index is 0.0370. The second-order valence-corrected chi connectivity index (χ2v) is 3.79. The van der Waals surface area contributed by atoms with Crippen LogP contribution in [0.5, 0.6) is 0 Å². The van der Waals surface area contributed by atoms with Gasteiger partial charge in [-0.2, -0.15) is 0 Å². The van der Waals surface area contributed by atoms with Crippen molar-refractivity contribution in [2.24, 2.45) is 5.14 Å². The molecule has 0 aliphatic rings. The summed E-state index contributed by atoms with van der Waals surface area (Å²) in [5.41, 5.74) is 0. The minimum Gasteiger partial charge on any atom is -0.263 e. The number of primary sulfonamides is 1. The molecule has 0 aliphatic heterocycles. The molecule has 1 aromatic heterocycles. The molecular weight excluding hydrogens is 188 g/mol. The van der Waals surface area contributed by atoms with Crippen molar-refractivity contribution < 1.29 is 8.42 Å². The van der Waals surface area contributed by atoms with Crippen molar-refractivity contribution in [3.63, 3.8) is 0 Å². The number of sulfonamides is 1. The van der Waals surface area contributed by atoms with Crippen LogP contribution >= 0.6 is 11.6 Å². The summed E-state index contributed by atoms with van der Waals surface area (Å²) in [6, 6.07) is 1.25. The van der Waals surface area contributed by atoms with E-state index in [4.69, 9.17) is 16.7 Å². The number of rotatable bonds is 1. The van der Waals surface area contributed by atoms with E-state index in [0.717, 1.165) is 0 Å². The summed E-state index contributed by atoms with van der Waals surface area (Å²) < 4.78 is 21.4. The average Bonchev–Trinajstić information content (AvgIpc) is 1.86. The van der Waals surface area contributed by atoms with Crippen molar-refractivity contribution in [3.05, 3.63) is 23.5 Å². The predicted octanol–water partition coefficient (Wildman–Crippen LogP) is 0.382. The van der Waals surface area contributed by atoms with Gasteiger partial charge in [-0.05, 0) is 6.07 Å². The highest BCUT2D eigenvalue weighted by atomic mass is 35.5. The van der Waals surface area contributed by atoms with Gasteiger partial charge in [-0.25, -0.2) is 13.6 Å². The number of nitrogens with two attached hydrogens (primary N) is 1. The Balaban J connectivity index is 3.37. The highest BCUT2D eigenvalue weighted by Crippen LogP contribution is 2.16. The van der Waals surface area contributed by atoms with Crippen LogP contribution in [0.4, 0.5) is 0 Å². The predicted molar refractivity (Wildman–Crippen MR) is 40.6 cm³/mol. The molecular formula is C5H5ClN2O2S. The number of halogens is 1. The van der Waals surface area contributed by atoms with Crippen LogP contribution in [0.25, 0.3) is 0 Å². The van der Waals surface area contributed by atoms with E-state index in [-0.39, 0.29) is 9.92 Å². The van der Waals surface area contributed by atoms with Crippen molar-refractivity contribution in [3.8, 4) is 0 Å². The Hall–Kier alpha value is -0.650. The summed E-state index contributed by atoms with van der Waals surface area (Å²) in [6.45, 7) is 0. The maximum absolute atomic E-state index is 10.7. The Kier molecular flexibility index (Phi) is 2.12. The minimum atomic E-state index is -3.71. The Morgan fingerprint density at radius 2 is 2.18 bits per heavy atom. The number of pyridine rings is 1. The van der Waals surface area contributed by atoms with Gasteiger partial charge in [0.1, 0.15) is 4.90 Å². The van der Waals surface area contributed by atoms with Gasteiger partial charge in [-0.15, -0.1) is 0 Å². The fraction of sp³-hybridized carbons (Fsp3) is 0. The molecule has 0 fully saturated rings. The molecule has 0 spiro atoms. The first-order valence-electron chi connectivity index (χ1n) is 2.64. The molecule has 4 nitrogen and oxygen atoms in total. The molecule has 0 unspecified atom stereocenters. The van der Waals surface area contributed by atoms with E-state index in [1.54, 1.807) is 0 Å². The van der Waals surface area contributed by atoms with Crippen molar-refractivity contribution in [1.82, 2.24) is 4.98 Å². The van der Waals surface area contributed by atoms with E-state index in [9.17, 15) is 8.42 Å². The van der Waals surface area contributed by atoms with E-state index in [1.807, 2.05) is 0 Å². The lowest BCUT2D eigenvalue weighted by Gasteiger charge is -1.97. The van der Waals surface area contributed by atoms with Gasteiger partial charge in [0.05, 0.1) is 5.02 Å². The first-order valence-corrected chi connectivity index (χ1v) is 4.56. The van der Waals surface area contributed by atoms with Gasteiger partial charge in [0, 0.05) is 12.4 Å². The molecule has 0 aliphatic carbocycles. The molecule has 60 valence electrons. The molecule has 1 aromatic rings. The summed E-state index contributed by atoms with van der Waals surface area (Å²) in [7, 11) is -3.71. The normalized spacial score (nSPS) is 11.5. The van der Waals surface area contributed by atoms with Crippen molar-refractivity contribution in [1.29, 1.82) is 0 Å². The van der Waals surface area contributed by atoms with Crippen molar-refractivity contribution in [2.45, 2.75) is 4.90 Å². The van der Waals surface area contributed by atoms with E-state index in [1.165, 1.54) is 18.5 Å². The number of nitrogens with zero attached hydrogens (tertiary/aromatic N) is 1. The molecule has 6 heteroatoms. The molecule has 0 saturated carbocycles. The van der Waals surface area contributed by atoms with E-state index in [2.05, 4.69) is 4.98 Å². The van der Waals surface area contributed by atoms with Crippen LogP contribution in [0, 0.1) is 0 Å². The summed E-state index contributed by atoms with van der Waals surface area (Å²) in [6.07, 6.45) is 2.53. The lowest BCUT2D eigenvalue weighted by atomic mass is 10.5. The van der Waals surface area contributed by atoms with Gasteiger partial charge in [0.15, 0.2) is 0 Å². The quantitative estimate of drug-likeness (QED) is 0.699. The number of aromatic nitrogens is 1. The van der Waals surface area contributed by atoms with Gasteiger partial charge >= 0.3 is 0 Å². The lowest BCUT2D eigenvalue weighted by Crippen LogP contribution is -2.12. The Bertz CT molecular complexity index is 363. The Morgan fingerprint density at radius 3 is 2.55 bits per heavy atom. The summed E-state index contributed by atoms with van der Waals surface area (Å²) in [5, 5.41) is 4.85. The van der Waals surface area contributed by atoms with Gasteiger partial charge in [0.2, 0.25) is 10.0 Å². The third-order valence-electron chi connectivity index (χ3n) is 1.04. The molecule has 0 amide bonds. The maximum atomic E-state index is 10.7. The van der Waals surface area contributed by atoms with E-state index in [0.29, 0.717) is 0 Å². The third kappa shape index (κ3) is 1.89. The molecule has 0 atom stereocenters. The largest absolute Gasteiger partial charge is 0.263 e. The van der Waals surface area contributed by atoms with Crippen LogP contribution in [-0.4, -0.2) is 13.4 Å². The number of hydrogen-bond donors (Lipinski definition) is 1. The summed E-state index contributed by atoms with van der Waals surface area (Å²) in [5.74, 6) is 0. The van der Waals surface area contributed by atoms with Crippen molar-refractivity contribution >= 4 is 21.6 Å². The fourth-order valence-electron chi connectivity index (χ4n) is 0.593. The average molecular weight is 193 g/mol. The zero-order chi connectivity index (χ0) is 8.48. The molecule has 0 bridgehead atoms. The fourth-order valence-corrected chi connectivity index (χ4v) is 1.61. The second-order valence-electron chi connectivity index (χ2n) is 1.85.